The summed E-state index contributed by atoms with van der Waals surface area (Å²) in [4.78, 5) is 37.2. The number of urea groups is 1. The topological polar surface area (TPSA) is 111 Å². The maximum atomic E-state index is 13.5. The van der Waals surface area contributed by atoms with Crippen molar-refractivity contribution >= 4 is 22.8 Å². The monoisotopic (exact) mass is 463 g/mol. The van der Waals surface area contributed by atoms with Crippen LogP contribution in [0.15, 0.2) is 42.7 Å². The zero-order valence-corrected chi connectivity index (χ0v) is 19.4. The number of carbonyl (C=O) groups excluding carboxylic acids is 2. The van der Waals surface area contributed by atoms with Crippen LogP contribution in [0, 0.1) is 0 Å². The molecule has 2 aromatic heterocycles. The van der Waals surface area contributed by atoms with Gasteiger partial charge in [-0.2, -0.15) is 0 Å². The van der Waals surface area contributed by atoms with E-state index in [-0.39, 0.29) is 18.5 Å². The summed E-state index contributed by atoms with van der Waals surface area (Å²) >= 11 is 0. The van der Waals surface area contributed by atoms with Crippen molar-refractivity contribution in [1.82, 2.24) is 25.1 Å². The summed E-state index contributed by atoms with van der Waals surface area (Å²) in [7, 11) is 1.62. The molecule has 0 radical (unpaired) electrons. The molecule has 178 valence electrons. The maximum absolute atomic E-state index is 13.5. The normalized spacial score (nSPS) is 18.5. The number of hydrogen-bond donors (Lipinski definition) is 3. The second-order valence-electron chi connectivity index (χ2n) is 9.07. The van der Waals surface area contributed by atoms with Crippen LogP contribution in [-0.4, -0.2) is 76.7 Å². The van der Waals surface area contributed by atoms with E-state index in [1.807, 2.05) is 25.1 Å². The Bertz CT molecular complexity index is 1220. The summed E-state index contributed by atoms with van der Waals surface area (Å²) < 4.78 is 5.40. The Morgan fingerprint density at radius 3 is 2.79 bits per heavy atom. The molecule has 2 aliphatic rings. The van der Waals surface area contributed by atoms with Crippen LogP contribution >= 0.6 is 0 Å². The molecule has 4 heterocycles. The largest absolute Gasteiger partial charge is 0.497 e. The van der Waals surface area contributed by atoms with Gasteiger partial charge < -0.3 is 29.9 Å². The van der Waals surface area contributed by atoms with Gasteiger partial charge in [-0.25, -0.2) is 4.79 Å². The number of methoxy groups -OCH3 is 1. The number of fused-ring (bicyclic) bond motifs is 4. The third kappa shape index (κ3) is 3.47. The van der Waals surface area contributed by atoms with E-state index in [0.29, 0.717) is 31.7 Å². The number of aliphatic hydroxyl groups is 1. The van der Waals surface area contributed by atoms with E-state index < -0.39 is 11.5 Å². The summed E-state index contributed by atoms with van der Waals surface area (Å²) in [5.41, 5.74) is 2.79. The first kappa shape index (κ1) is 22.2. The summed E-state index contributed by atoms with van der Waals surface area (Å²) in [6.07, 6.45) is 4.03. The number of benzene rings is 1. The maximum Gasteiger partial charge on any atom is 0.317 e. The molecule has 3 amide bonds. The Morgan fingerprint density at radius 1 is 1.29 bits per heavy atom. The molecule has 5 rings (SSSR count). The van der Waals surface area contributed by atoms with Crippen molar-refractivity contribution < 1.29 is 19.4 Å². The van der Waals surface area contributed by atoms with E-state index in [1.54, 1.807) is 41.4 Å². The van der Waals surface area contributed by atoms with Gasteiger partial charge in [0.05, 0.1) is 30.7 Å². The third-order valence-electron chi connectivity index (χ3n) is 6.89. The predicted molar refractivity (Wildman–Crippen MR) is 127 cm³/mol. The number of H-pyrrole nitrogens is 1. The van der Waals surface area contributed by atoms with Crippen molar-refractivity contribution in [3.8, 4) is 5.75 Å². The number of aromatic amines is 1. The molecule has 0 unspecified atom stereocenters. The first-order valence-corrected chi connectivity index (χ1v) is 11.6. The quantitative estimate of drug-likeness (QED) is 0.538. The number of nitrogens with one attached hydrogen (secondary N) is 2. The van der Waals surface area contributed by atoms with Gasteiger partial charge in [0.2, 0.25) is 0 Å². The first-order chi connectivity index (χ1) is 16.5. The molecular formula is C25H29N5O4. The van der Waals surface area contributed by atoms with Crippen molar-refractivity contribution in [2.75, 3.05) is 39.9 Å². The summed E-state index contributed by atoms with van der Waals surface area (Å²) in [5, 5.41) is 14.4. The van der Waals surface area contributed by atoms with Crippen molar-refractivity contribution in [2.24, 2.45) is 0 Å². The highest BCUT2D eigenvalue weighted by Crippen LogP contribution is 2.48. The lowest BCUT2D eigenvalue weighted by Gasteiger charge is -2.55. The molecule has 1 aromatic carbocycles. The third-order valence-corrected chi connectivity index (χ3v) is 6.89. The Morgan fingerprint density at radius 2 is 2.12 bits per heavy atom. The smallest absolute Gasteiger partial charge is 0.317 e. The summed E-state index contributed by atoms with van der Waals surface area (Å²) in [5.74, 6) is 0.528. The molecular weight excluding hydrogens is 434 g/mol. The van der Waals surface area contributed by atoms with Gasteiger partial charge in [-0.05, 0) is 36.2 Å². The van der Waals surface area contributed by atoms with Gasteiger partial charge in [-0.1, -0.05) is 6.92 Å². The lowest BCUT2D eigenvalue weighted by Crippen LogP contribution is -2.69. The lowest BCUT2D eigenvalue weighted by molar-refractivity contribution is 0.0140. The van der Waals surface area contributed by atoms with Gasteiger partial charge in [-0.15, -0.1) is 0 Å². The fourth-order valence-corrected chi connectivity index (χ4v) is 5.30. The van der Waals surface area contributed by atoms with E-state index in [1.165, 1.54) is 0 Å². The fraction of sp³-hybridized carbons (Fsp3) is 0.400. The molecule has 0 bridgehead atoms. The molecule has 9 nitrogen and oxygen atoms in total. The van der Waals surface area contributed by atoms with Crippen molar-refractivity contribution in [3.05, 3.63) is 59.5 Å². The molecule has 1 spiro atoms. The van der Waals surface area contributed by atoms with Gasteiger partial charge in [0.25, 0.3) is 5.91 Å². The fourth-order valence-electron chi connectivity index (χ4n) is 5.30. The van der Waals surface area contributed by atoms with E-state index >= 15 is 0 Å². The number of pyridine rings is 1. The number of amides is 3. The number of rotatable bonds is 5. The zero-order chi connectivity index (χ0) is 23.9. The van der Waals surface area contributed by atoms with E-state index in [9.17, 15) is 14.7 Å². The van der Waals surface area contributed by atoms with Crippen molar-refractivity contribution in [1.29, 1.82) is 0 Å². The highest BCUT2D eigenvalue weighted by molar-refractivity contribution is 5.96. The van der Waals surface area contributed by atoms with Crippen molar-refractivity contribution in [3.63, 3.8) is 0 Å². The molecule has 9 heteroatoms. The van der Waals surface area contributed by atoms with Crippen LogP contribution in [0.3, 0.4) is 0 Å². The summed E-state index contributed by atoms with van der Waals surface area (Å²) in [6, 6.07) is 8.68. The van der Waals surface area contributed by atoms with Gasteiger partial charge in [0, 0.05) is 61.2 Å². The highest BCUT2D eigenvalue weighted by atomic mass is 16.5. The number of ether oxygens (including phenoxy) is 1. The van der Waals surface area contributed by atoms with Crippen LogP contribution in [0.4, 0.5) is 4.79 Å². The average molecular weight is 464 g/mol. The second-order valence-corrected chi connectivity index (χ2v) is 9.07. The minimum atomic E-state index is -0.533. The van der Waals surface area contributed by atoms with Gasteiger partial charge in [0.1, 0.15) is 5.75 Å². The molecule has 34 heavy (non-hydrogen) atoms. The van der Waals surface area contributed by atoms with Crippen LogP contribution in [0.25, 0.3) is 10.9 Å². The molecule has 1 fully saturated rings. The Kier molecular flexibility index (Phi) is 5.65. The highest BCUT2D eigenvalue weighted by Gasteiger charge is 2.55. The Hall–Kier alpha value is -3.59. The van der Waals surface area contributed by atoms with Crippen LogP contribution in [-0.2, 0) is 5.41 Å². The SMILES string of the molecule is CCCNC(=O)N1CC2(C1)CN(C(=O)c1cccnc1)[C@@H](CO)c1[nH]c3cc(OC)ccc3c12. The average Bonchev–Trinajstić information content (AvgIpc) is 3.24. The number of aromatic nitrogens is 2. The molecule has 1 atom stereocenters. The first-order valence-electron chi connectivity index (χ1n) is 11.6. The van der Waals surface area contributed by atoms with Crippen LogP contribution in [0.2, 0.25) is 0 Å². The van der Waals surface area contributed by atoms with E-state index in [4.69, 9.17) is 4.74 Å². The second kappa shape index (κ2) is 8.64. The van der Waals surface area contributed by atoms with Crippen LogP contribution in [0.1, 0.15) is 41.0 Å². The van der Waals surface area contributed by atoms with Gasteiger partial charge in [0.15, 0.2) is 0 Å². The summed E-state index contributed by atoms with van der Waals surface area (Å²) in [6.45, 7) is 3.80. The number of nitrogens with zero attached hydrogens (tertiary/aromatic N) is 3. The number of carbonyl (C=O) groups is 2. The number of aliphatic hydroxyl groups excluding tert-OH is 1. The molecule has 0 aliphatic carbocycles. The van der Waals surface area contributed by atoms with Crippen LogP contribution in [0.5, 0.6) is 5.75 Å². The Labute approximate surface area is 197 Å². The number of hydrogen-bond acceptors (Lipinski definition) is 5. The van der Waals surface area contributed by atoms with E-state index in [2.05, 4.69) is 15.3 Å². The van der Waals surface area contributed by atoms with Crippen molar-refractivity contribution in [2.45, 2.75) is 24.8 Å². The predicted octanol–water partition coefficient (Wildman–Crippen LogP) is 2.43. The van der Waals surface area contributed by atoms with Crippen LogP contribution < -0.4 is 10.1 Å². The van der Waals surface area contributed by atoms with Gasteiger partial charge in [-0.3, -0.25) is 9.78 Å². The Balaban J connectivity index is 1.58. The minimum Gasteiger partial charge on any atom is -0.497 e. The molecule has 0 saturated carbocycles. The standard InChI is InChI=1S/C25H29N5O4/c1-3-8-27-24(33)29-13-25(14-29)15-30(23(32)16-5-4-9-26-11-16)20(12-31)22-21(25)18-7-6-17(34-2)10-19(18)28-22/h4-7,9-11,20,28,31H,3,8,12-15H2,1-2H3,(H,27,33)/t20-/m0/s1. The minimum absolute atomic E-state index is 0.0926. The number of likely N-dealkylation sites (tertiary alicyclic amines) is 1. The van der Waals surface area contributed by atoms with Gasteiger partial charge >= 0.3 is 6.03 Å². The molecule has 3 aromatic rings. The lowest BCUT2D eigenvalue weighted by atomic mass is 9.68. The molecule has 1 saturated heterocycles. The molecule has 3 N–H and O–H groups in total. The van der Waals surface area contributed by atoms with E-state index in [0.717, 1.165) is 34.3 Å². The zero-order valence-electron chi connectivity index (χ0n) is 19.4. The molecule has 2 aliphatic heterocycles.